The molecule has 0 fully saturated rings. The summed E-state index contributed by atoms with van der Waals surface area (Å²) in [7, 11) is 0. The third kappa shape index (κ3) is 6.12. The number of hydrogen-bond acceptors (Lipinski definition) is 3. The smallest absolute Gasteiger partial charge is 0.221 e. The van der Waals surface area contributed by atoms with Crippen molar-refractivity contribution in [2.75, 3.05) is 5.32 Å². The fourth-order valence-corrected chi connectivity index (χ4v) is 2.73. The predicted molar refractivity (Wildman–Crippen MR) is 110 cm³/mol. The van der Waals surface area contributed by atoms with Crippen LogP contribution in [0, 0.1) is 0 Å². The van der Waals surface area contributed by atoms with Crippen molar-refractivity contribution >= 4 is 17.8 Å². The highest BCUT2D eigenvalue weighted by Gasteiger charge is 2.04. The van der Waals surface area contributed by atoms with E-state index in [1.807, 2.05) is 71.9 Å². The van der Waals surface area contributed by atoms with E-state index >= 15 is 0 Å². The molecule has 0 aliphatic carbocycles. The first-order valence-corrected chi connectivity index (χ1v) is 8.93. The first kappa shape index (κ1) is 18.4. The van der Waals surface area contributed by atoms with Gasteiger partial charge in [-0.15, -0.1) is 0 Å². The van der Waals surface area contributed by atoms with Gasteiger partial charge in [0.2, 0.25) is 5.91 Å². The first-order valence-electron chi connectivity index (χ1n) is 8.93. The largest absolute Gasteiger partial charge is 0.326 e. The lowest BCUT2D eigenvalue weighted by atomic mass is 10.2. The highest BCUT2D eigenvalue weighted by atomic mass is 16.1. The lowest BCUT2D eigenvalue weighted by molar-refractivity contribution is -0.114. The Bertz CT molecular complexity index is 833. The summed E-state index contributed by atoms with van der Waals surface area (Å²) in [6.45, 7) is 2.97. The van der Waals surface area contributed by atoms with Gasteiger partial charge in [0.25, 0.3) is 0 Å². The normalized spacial score (nSPS) is 10.7. The van der Waals surface area contributed by atoms with E-state index in [0.717, 1.165) is 24.3 Å². The number of nitrogens with one attached hydrogen (secondary N) is 1. The van der Waals surface area contributed by atoms with E-state index in [9.17, 15) is 4.79 Å². The summed E-state index contributed by atoms with van der Waals surface area (Å²) in [4.78, 5) is 11.1. The van der Waals surface area contributed by atoms with Crippen LogP contribution in [-0.4, -0.2) is 17.1 Å². The second-order valence-electron chi connectivity index (χ2n) is 6.34. The van der Waals surface area contributed by atoms with E-state index in [-0.39, 0.29) is 5.91 Å². The van der Waals surface area contributed by atoms with Crippen LogP contribution in [0.4, 0.5) is 5.69 Å². The number of rotatable bonds is 7. The predicted octanol–water partition coefficient (Wildman–Crippen LogP) is 4.68. The molecule has 0 heterocycles. The van der Waals surface area contributed by atoms with E-state index in [2.05, 4.69) is 29.6 Å². The fraction of sp³-hybridized carbons (Fsp3) is 0.130. The average Bonchev–Trinajstić information content (AvgIpc) is 2.68. The molecule has 1 amide bonds. The van der Waals surface area contributed by atoms with Crippen LogP contribution in [0.3, 0.4) is 0 Å². The zero-order chi connectivity index (χ0) is 18.9. The molecule has 3 rings (SSSR count). The summed E-state index contributed by atoms with van der Waals surface area (Å²) in [5.41, 5.74) is 4.19. The maximum absolute atomic E-state index is 11.1. The van der Waals surface area contributed by atoms with Gasteiger partial charge in [0.05, 0.1) is 19.3 Å². The second-order valence-corrected chi connectivity index (χ2v) is 6.34. The Labute approximate surface area is 160 Å². The molecule has 27 heavy (non-hydrogen) atoms. The Balaban J connectivity index is 1.73. The molecular formula is C23H23N3O. The van der Waals surface area contributed by atoms with Crippen LogP contribution >= 0.6 is 0 Å². The molecule has 0 aromatic heterocycles. The van der Waals surface area contributed by atoms with Gasteiger partial charge in [-0.2, -0.15) is 5.10 Å². The molecule has 0 aliphatic rings. The van der Waals surface area contributed by atoms with Gasteiger partial charge in [-0.1, -0.05) is 72.8 Å². The summed E-state index contributed by atoms with van der Waals surface area (Å²) in [6.07, 6.45) is 1.85. The van der Waals surface area contributed by atoms with Crippen LogP contribution in [0.1, 0.15) is 23.6 Å². The van der Waals surface area contributed by atoms with Gasteiger partial charge < -0.3 is 5.32 Å². The summed E-state index contributed by atoms with van der Waals surface area (Å²) in [5, 5.41) is 9.51. The van der Waals surface area contributed by atoms with Gasteiger partial charge in [0, 0.05) is 12.6 Å². The maximum atomic E-state index is 11.1. The van der Waals surface area contributed by atoms with Crippen molar-refractivity contribution in [1.82, 2.24) is 5.01 Å². The third-order valence-electron chi connectivity index (χ3n) is 4.02. The Hall–Kier alpha value is -3.40. The molecule has 1 N–H and O–H groups in total. The first-order chi connectivity index (χ1) is 13.2. The van der Waals surface area contributed by atoms with Gasteiger partial charge in [-0.3, -0.25) is 9.80 Å². The van der Waals surface area contributed by atoms with Crippen LogP contribution in [0.5, 0.6) is 0 Å². The molecule has 4 heteroatoms. The summed E-state index contributed by atoms with van der Waals surface area (Å²) >= 11 is 0. The molecule has 3 aromatic carbocycles. The molecule has 0 aliphatic heterocycles. The van der Waals surface area contributed by atoms with E-state index in [0.29, 0.717) is 0 Å². The van der Waals surface area contributed by atoms with Gasteiger partial charge in [-0.25, -0.2) is 0 Å². The van der Waals surface area contributed by atoms with Crippen LogP contribution in [0.25, 0.3) is 0 Å². The fourth-order valence-electron chi connectivity index (χ4n) is 2.73. The zero-order valence-corrected chi connectivity index (χ0v) is 15.4. The Morgan fingerprint density at radius 3 is 1.85 bits per heavy atom. The molecule has 0 atom stereocenters. The summed E-state index contributed by atoms with van der Waals surface area (Å²) in [5.74, 6) is -0.0756. The van der Waals surface area contributed by atoms with E-state index in [1.165, 1.54) is 18.1 Å². The number of benzene rings is 3. The minimum Gasteiger partial charge on any atom is -0.326 e. The molecule has 0 bridgehead atoms. The number of carbonyl (C=O) groups excluding carboxylic acids is 1. The Morgan fingerprint density at radius 2 is 1.37 bits per heavy atom. The topological polar surface area (TPSA) is 44.7 Å². The number of amides is 1. The maximum Gasteiger partial charge on any atom is 0.221 e. The van der Waals surface area contributed by atoms with Gasteiger partial charge in [0.1, 0.15) is 0 Å². The van der Waals surface area contributed by atoms with Crippen molar-refractivity contribution in [3.8, 4) is 0 Å². The average molecular weight is 357 g/mol. The lowest BCUT2D eigenvalue weighted by Crippen LogP contribution is -2.17. The van der Waals surface area contributed by atoms with Crippen molar-refractivity contribution in [1.29, 1.82) is 0 Å². The molecule has 0 unspecified atom stereocenters. The van der Waals surface area contributed by atoms with E-state index < -0.39 is 0 Å². The number of hydrogen-bond donors (Lipinski definition) is 1. The van der Waals surface area contributed by atoms with E-state index in [1.54, 1.807) is 0 Å². The second kappa shape index (κ2) is 9.34. The van der Waals surface area contributed by atoms with Crippen LogP contribution in [0.15, 0.2) is 90.0 Å². The zero-order valence-electron chi connectivity index (χ0n) is 15.4. The van der Waals surface area contributed by atoms with Crippen molar-refractivity contribution in [2.24, 2.45) is 5.10 Å². The molecule has 0 saturated carbocycles. The van der Waals surface area contributed by atoms with Crippen molar-refractivity contribution in [3.05, 3.63) is 102 Å². The Morgan fingerprint density at radius 1 is 0.852 bits per heavy atom. The summed E-state index contributed by atoms with van der Waals surface area (Å²) in [6, 6.07) is 28.3. The highest BCUT2D eigenvalue weighted by Crippen LogP contribution is 2.12. The lowest BCUT2D eigenvalue weighted by Gasteiger charge is -2.19. The molecule has 4 nitrogen and oxygen atoms in total. The number of carbonyl (C=O) groups is 1. The van der Waals surface area contributed by atoms with Crippen LogP contribution < -0.4 is 5.32 Å². The van der Waals surface area contributed by atoms with Crippen molar-refractivity contribution in [2.45, 2.75) is 20.0 Å². The molecular weight excluding hydrogens is 334 g/mol. The van der Waals surface area contributed by atoms with Crippen LogP contribution in [-0.2, 0) is 17.9 Å². The molecule has 0 radical (unpaired) electrons. The molecule has 0 spiro atoms. The molecule has 136 valence electrons. The standard InChI is InChI=1S/C23H23N3O/c1-19(27)25-23-14-12-20(13-15-23)16-24-26(17-21-8-4-2-5-9-21)18-22-10-6-3-7-11-22/h2-16H,17-18H2,1H3,(H,25,27). The van der Waals surface area contributed by atoms with E-state index in [4.69, 9.17) is 5.10 Å². The SMILES string of the molecule is CC(=O)Nc1ccc(C=NN(Cc2ccccc2)Cc2ccccc2)cc1. The Kier molecular flexibility index (Phi) is 6.36. The van der Waals surface area contributed by atoms with Gasteiger partial charge >= 0.3 is 0 Å². The highest BCUT2D eigenvalue weighted by molar-refractivity contribution is 5.89. The number of hydrazone groups is 1. The number of nitrogens with zero attached hydrogens (tertiary/aromatic N) is 2. The van der Waals surface area contributed by atoms with Gasteiger partial charge in [-0.05, 0) is 28.8 Å². The minimum absolute atomic E-state index is 0.0756. The van der Waals surface area contributed by atoms with Crippen molar-refractivity contribution < 1.29 is 4.79 Å². The van der Waals surface area contributed by atoms with Crippen molar-refractivity contribution in [3.63, 3.8) is 0 Å². The third-order valence-corrected chi connectivity index (χ3v) is 4.02. The minimum atomic E-state index is -0.0756. The summed E-state index contributed by atoms with van der Waals surface area (Å²) < 4.78 is 0. The van der Waals surface area contributed by atoms with Crippen LogP contribution in [0.2, 0.25) is 0 Å². The molecule has 0 saturated heterocycles. The quantitative estimate of drug-likeness (QED) is 0.493. The number of anilines is 1. The monoisotopic (exact) mass is 357 g/mol. The molecule has 3 aromatic rings. The van der Waals surface area contributed by atoms with Gasteiger partial charge in [0.15, 0.2) is 0 Å².